The Morgan fingerprint density at radius 3 is 1.95 bits per heavy atom. The van der Waals surface area contributed by atoms with E-state index in [1.807, 2.05) is 6.92 Å². The Balaban J connectivity index is 1.92. The largest absolute Gasteiger partial charge is 0.487 e. The highest BCUT2D eigenvalue weighted by atomic mass is 16.5. The molecule has 0 fully saturated rings. The van der Waals surface area contributed by atoms with Gasteiger partial charge in [0.05, 0.1) is 6.54 Å². The number of quaternary nitrogens is 1. The summed E-state index contributed by atoms with van der Waals surface area (Å²) in [6, 6.07) is 0. The molecule has 1 aliphatic rings. The highest BCUT2D eigenvalue weighted by Gasteiger charge is 2.34. The molecule has 3 atom stereocenters. The van der Waals surface area contributed by atoms with E-state index in [9.17, 15) is 19.8 Å². The maximum absolute atomic E-state index is 11.3. The quantitative estimate of drug-likeness (QED) is 0.115. The summed E-state index contributed by atoms with van der Waals surface area (Å²) in [5.41, 5.74) is 4.13. The zero-order chi connectivity index (χ0) is 32.4. The first kappa shape index (κ1) is 36.9. The number of nitrogens with zero attached hydrogens (tertiary/aromatic N) is 1. The Morgan fingerprint density at radius 1 is 0.884 bits per heavy atom. The molecule has 1 aromatic rings. The number of fused-ring (bicyclic) bond motifs is 1. The lowest BCUT2D eigenvalue weighted by atomic mass is 9.83. The first-order chi connectivity index (χ1) is 20.1. The van der Waals surface area contributed by atoms with Crippen LogP contribution in [0.5, 0.6) is 11.5 Å². The van der Waals surface area contributed by atoms with E-state index in [2.05, 4.69) is 55.5 Å². The third-order valence-electron chi connectivity index (χ3n) is 9.59. The van der Waals surface area contributed by atoms with Crippen LogP contribution in [0.1, 0.15) is 121 Å². The van der Waals surface area contributed by atoms with Gasteiger partial charge in [0.1, 0.15) is 23.7 Å². The predicted molar refractivity (Wildman–Crippen MR) is 174 cm³/mol. The molecule has 43 heavy (non-hydrogen) atoms. The van der Waals surface area contributed by atoms with Crippen LogP contribution < -0.4 is 9.47 Å². The third kappa shape index (κ3) is 12.0. The van der Waals surface area contributed by atoms with Crippen LogP contribution in [0.2, 0.25) is 0 Å². The molecule has 0 radical (unpaired) electrons. The Morgan fingerprint density at radius 2 is 1.42 bits per heavy atom. The topological polar surface area (TPSA) is 93.1 Å². The summed E-state index contributed by atoms with van der Waals surface area (Å²) in [5, 5.41) is 18.5. The van der Waals surface area contributed by atoms with Gasteiger partial charge in [0.15, 0.2) is 13.1 Å². The summed E-state index contributed by atoms with van der Waals surface area (Å²) in [6.07, 6.45) is 13.4. The van der Waals surface area contributed by atoms with Crippen LogP contribution in [-0.4, -0.2) is 58.5 Å². The van der Waals surface area contributed by atoms with Gasteiger partial charge in [-0.25, -0.2) is 9.59 Å². The molecule has 1 heterocycles. The van der Waals surface area contributed by atoms with Gasteiger partial charge >= 0.3 is 11.9 Å². The Kier molecular flexibility index (Phi) is 14.3. The molecule has 0 saturated carbocycles. The van der Waals surface area contributed by atoms with E-state index in [1.54, 1.807) is 0 Å². The average Bonchev–Trinajstić information content (AvgIpc) is 2.88. The molecule has 7 heteroatoms. The molecule has 0 bridgehead atoms. The first-order valence-corrected chi connectivity index (χ1v) is 16.6. The number of hydrogen-bond acceptors (Lipinski definition) is 4. The van der Waals surface area contributed by atoms with Crippen LogP contribution in [0.25, 0.3) is 0 Å². The van der Waals surface area contributed by atoms with E-state index in [4.69, 9.17) is 9.47 Å². The average molecular weight is 604 g/mol. The summed E-state index contributed by atoms with van der Waals surface area (Å²) in [6.45, 7) is 17.5. The molecule has 0 aliphatic carbocycles. The van der Waals surface area contributed by atoms with Crippen LogP contribution in [0, 0.1) is 45.6 Å². The molecular weight excluding hydrogens is 542 g/mol. The van der Waals surface area contributed by atoms with Crippen molar-refractivity contribution in [1.29, 1.82) is 0 Å². The molecule has 7 nitrogen and oxygen atoms in total. The fraction of sp³-hybridized carbons (Fsp3) is 0.750. The number of aliphatic carboxylic acids is 2. The number of carboxylic acid groups (broad SMARTS) is 2. The molecule has 0 spiro atoms. The first-order valence-electron chi connectivity index (χ1n) is 16.6. The van der Waals surface area contributed by atoms with Crippen molar-refractivity contribution in [1.82, 2.24) is 0 Å². The molecule has 1 aromatic carbocycles. The Bertz CT molecular complexity index is 1050. The Labute approximate surface area is 261 Å². The fourth-order valence-corrected chi connectivity index (χ4v) is 6.61. The zero-order valence-electron chi connectivity index (χ0n) is 28.5. The standard InChI is InChI=1S/C36H61NO6/c1-25(2)13-10-14-26(3)15-11-16-27(4)17-12-19-36(8)20-18-31-30(7)34(28(5)29(6)35(31)43-36)42-22-21-37(9,23-32(38)39)24-33(40)41/h25-27H,9-24H2,1-8H3,(H,38,39)(H,40,41)/t26-,27-,36-/m1/s1. The van der Waals surface area contributed by atoms with Gasteiger partial charge in [0, 0.05) is 5.56 Å². The molecule has 1 aliphatic heterocycles. The second kappa shape index (κ2) is 16.7. The van der Waals surface area contributed by atoms with E-state index in [-0.39, 0.29) is 36.3 Å². The van der Waals surface area contributed by atoms with E-state index in [0.717, 1.165) is 65.2 Å². The lowest BCUT2D eigenvalue weighted by Gasteiger charge is -2.40. The van der Waals surface area contributed by atoms with Gasteiger partial charge in [-0.2, -0.15) is 0 Å². The van der Waals surface area contributed by atoms with Gasteiger partial charge in [0.2, 0.25) is 0 Å². The summed E-state index contributed by atoms with van der Waals surface area (Å²) < 4.78 is 12.6. The van der Waals surface area contributed by atoms with E-state index in [1.165, 1.54) is 56.9 Å². The molecular formula is C36H61NO6. The minimum absolute atomic E-state index is 0.178. The molecule has 0 unspecified atom stereocenters. The monoisotopic (exact) mass is 603 g/mol. The van der Waals surface area contributed by atoms with Crippen LogP contribution in [-0.2, 0) is 16.0 Å². The van der Waals surface area contributed by atoms with Crippen molar-refractivity contribution in [3.05, 3.63) is 29.3 Å². The maximum atomic E-state index is 11.3. The lowest BCUT2D eigenvalue weighted by molar-refractivity contribution is -0.871. The zero-order valence-corrected chi connectivity index (χ0v) is 28.5. The van der Waals surface area contributed by atoms with Gasteiger partial charge in [-0.1, -0.05) is 72.6 Å². The second-order valence-electron chi connectivity index (χ2n) is 14.4. The van der Waals surface area contributed by atoms with Gasteiger partial charge in [0.25, 0.3) is 0 Å². The lowest BCUT2D eigenvalue weighted by Crippen LogP contribution is -2.51. The second-order valence-corrected chi connectivity index (χ2v) is 14.4. The van der Waals surface area contributed by atoms with Gasteiger partial charge in [-0.3, -0.25) is 0 Å². The summed E-state index contributed by atoms with van der Waals surface area (Å²) in [5.74, 6) is 2.00. The maximum Gasteiger partial charge on any atom is 0.357 e. The number of benzene rings is 1. The van der Waals surface area contributed by atoms with Crippen molar-refractivity contribution >= 4 is 11.9 Å². The SMILES string of the molecule is [CH2-][N+](CCOc1c(C)c(C)c2c(c1C)CC[C@@](C)(CCC[C@H](C)CCC[C@H](C)CCCC(C)C)O2)(CC(=O)O)CC(=O)O. The van der Waals surface area contributed by atoms with Crippen molar-refractivity contribution in [2.24, 2.45) is 17.8 Å². The Hall–Kier alpha value is -2.28. The van der Waals surface area contributed by atoms with Crippen LogP contribution >= 0.6 is 0 Å². The number of carboxylic acids is 2. The van der Waals surface area contributed by atoms with Crippen molar-refractivity contribution in [2.75, 3.05) is 26.2 Å². The van der Waals surface area contributed by atoms with Gasteiger partial charge in [-0.15, -0.1) is 7.05 Å². The van der Waals surface area contributed by atoms with Gasteiger partial charge < -0.3 is 24.2 Å². The minimum atomic E-state index is -1.08. The smallest absolute Gasteiger partial charge is 0.357 e. The van der Waals surface area contributed by atoms with Crippen molar-refractivity contribution in [3.63, 3.8) is 0 Å². The highest BCUT2D eigenvalue weighted by Crippen LogP contribution is 2.45. The molecule has 246 valence electrons. The van der Waals surface area contributed by atoms with Crippen LogP contribution in [0.15, 0.2) is 0 Å². The minimum Gasteiger partial charge on any atom is -0.487 e. The number of carbonyl (C=O) groups is 2. The summed E-state index contributed by atoms with van der Waals surface area (Å²) >= 11 is 0. The van der Waals surface area contributed by atoms with Crippen LogP contribution in [0.3, 0.4) is 0 Å². The van der Waals surface area contributed by atoms with E-state index < -0.39 is 11.9 Å². The number of ether oxygens (including phenoxy) is 2. The normalized spacial score (nSPS) is 18.2. The highest BCUT2D eigenvalue weighted by molar-refractivity contribution is 5.70. The van der Waals surface area contributed by atoms with Crippen molar-refractivity contribution in [3.8, 4) is 11.5 Å². The molecule has 2 N–H and O–H groups in total. The van der Waals surface area contributed by atoms with Crippen molar-refractivity contribution < 1.29 is 33.8 Å². The number of hydrogen-bond donors (Lipinski definition) is 2. The third-order valence-corrected chi connectivity index (χ3v) is 9.59. The molecule has 0 aromatic heterocycles. The number of rotatable bonds is 20. The van der Waals surface area contributed by atoms with E-state index >= 15 is 0 Å². The molecule has 2 rings (SSSR count). The van der Waals surface area contributed by atoms with E-state index in [0.29, 0.717) is 0 Å². The van der Waals surface area contributed by atoms with Crippen LogP contribution in [0.4, 0.5) is 0 Å². The van der Waals surface area contributed by atoms with Gasteiger partial charge in [-0.05, 0) is 87.8 Å². The van der Waals surface area contributed by atoms with Crippen molar-refractivity contribution in [2.45, 2.75) is 132 Å². The fourth-order valence-electron chi connectivity index (χ4n) is 6.61. The molecule has 0 saturated heterocycles. The predicted octanol–water partition coefficient (Wildman–Crippen LogP) is 8.29. The summed E-state index contributed by atoms with van der Waals surface area (Å²) in [7, 11) is 3.88. The molecule has 0 amide bonds. The summed E-state index contributed by atoms with van der Waals surface area (Å²) in [4.78, 5) is 22.6.